The summed E-state index contributed by atoms with van der Waals surface area (Å²) in [5, 5.41) is 148. The van der Waals surface area contributed by atoms with Crippen LogP contribution in [0.5, 0.6) is 0 Å². The van der Waals surface area contributed by atoms with Gasteiger partial charge in [0.25, 0.3) is 0 Å². The van der Waals surface area contributed by atoms with Crippen LogP contribution in [-0.4, -0.2) is 234 Å². The van der Waals surface area contributed by atoms with E-state index in [0.717, 1.165) is 89.9 Å². The van der Waals surface area contributed by atoms with Crippen molar-refractivity contribution in [1.29, 1.82) is 0 Å². The molecule has 0 aromatic heterocycles. The van der Waals surface area contributed by atoms with Crippen LogP contribution in [-0.2, 0) is 37.9 Å². The summed E-state index contributed by atoms with van der Waals surface area (Å²) in [5.74, 6) is 0. The summed E-state index contributed by atoms with van der Waals surface area (Å²) in [7, 11) is 0. The van der Waals surface area contributed by atoms with Gasteiger partial charge < -0.3 is 109 Å². The summed E-state index contributed by atoms with van der Waals surface area (Å²) < 4.78 is 47.0. The van der Waals surface area contributed by atoms with Gasteiger partial charge in [-0.05, 0) is 12.8 Å². The minimum absolute atomic E-state index is 0.136. The van der Waals surface area contributed by atoms with E-state index in [1.54, 1.807) is 0 Å². The van der Waals surface area contributed by atoms with Gasteiger partial charge in [0.1, 0.15) is 97.7 Å². The molecule has 0 aliphatic carbocycles. The zero-order valence-corrected chi connectivity index (χ0v) is 40.5. The lowest BCUT2D eigenvalue weighted by atomic mass is 9.79. The number of hydrogen-bond acceptors (Lipinski definition) is 22. The Morgan fingerprint density at radius 2 is 0.623 bits per heavy atom. The first-order valence-corrected chi connectivity index (χ1v) is 25.5. The topological polar surface area (TPSA) is 357 Å². The van der Waals surface area contributed by atoms with Gasteiger partial charge in [0.2, 0.25) is 0 Å². The molecular formula is C47H88O22. The fraction of sp³-hybridized carbons (Fsp3) is 1.00. The van der Waals surface area contributed by atoms with E-state index in [-0.39, 0.29) is 13.2 Å². The van der Waals surface area contributed by atoms with Crippen LogP contribution in [0.1, 0.15) is 129 Å². The number of ether oxygens (including phenoxy) is 8. The normalized spacial score (nSPS) is 39.0. The van der Waals surface area contributed by atoms with Crippen molar-refractivity contribution in [3.8, 4) is 0 Å². The Balaban J connectivity index is 1.54. The van der Waals surface area contributed by atoms with Crippen LogP contribution in [0, 0.1) is 5.41 Å². The molecule has 4 heterocycles. The molecule has 69 heavy (non-hydrogen) atoms. The average Bonchev–Trinajstić information content (AvgIpc) is 3.35. The molecule has 20 atom stereocenters. The van der Waals surface area contributed by atoms with E-state index in [1.165, 1.54) is 12.8 Å². The van der Waals surface area contributed by atoms with E-state index in [2.05, 4.69) is 13.8 Å². The van der Waals surface area contributed by atoms with E-state index in [4.69, 9.17) is 37.9 Å². The largest absolute Gasteiger partial charge is 0.394 e. The van der Waals surface area contributed by atoms with Crippen LogP contribution < -0.4 is 0 Å². The molecule has 4 aliphatic heterocycles. The summed E-state index contributed by atoms with van der Waals surface area (Å²) in [4.78, 5) is 0. The Labute approximate surface area is 406 Å². The number of aliphatic hydroxyl groups is 14. The summed E-state index contributed by atoms with van der Waals surface area (Å²) in [5.41, 5.74) is -0.872. The van der Waals surface area contributed by atoms with Crippen LogP contribution in [0.3, 0.4) is 0 Å². The summed E-state index contributed by atoms with van der Waals surface area (Å²) in [6.07, 6.45) is -15.3. The Kier molecular flexibility index (Phi) is 27.4. The zero-order valence-electron chi connectivity index (χ0n) is 40.5. The van der Waals surface area contributed by atoms with Gasteiger partial charge in [-0.15, -0.1) is 0 Å². The SMILES string of the molecule is CCCCCCCCCCC(CCCCCCCCCC)(CO[C@@H]1O[C@H](CO)[C@@H](O[C@H]2O[C@H](CO)[C@@H](O)[C@H](O)[C@H]2O)[C@H](O)[C@H]1O)CO[C@@H]1O[C@H](CO)[C@@H](O[C@H]2O[C@H](CO)[C@@H](O)[C@H](O)[C@H]2O)[C@H](O)[C@H]1O. The number of hydrogen-bond donors (Lipinski definition) is 14. The van der Waals surface area contributed by atoms with Crippen molar-refractivity contribution in [3.05, 3.63) is 0 Å². The van der Waals surface area contributed by atoms with Gasteiger partial charge in [-0.1, -0.05) is 117 Å². The molecule has 22 heteroatoms. The lowest BCUT2D eigenvalue weighted by Gasteiger charge is -2.47. The first kappa shape index (κ1) is 60.7. The van der Waals surface area contributed by atoms with E-state index >= 15 is 0 Å². The molecule has 4 aliphatic rings. The zero-order chi connectivity index (χ0) is 50.7. The van der Waals surface area contributed by atoms with Crippen LogP contribution in [0.15, 0.2) is 0 Å². The van der Waals surface area contributed by atoms with E-state index in [1.807, 2.05) is 0 Å². The average molecular weight is 1010 g/mol. The van der Waals surface area contributed by atoms with Gasteiger partial charge in [0, 0.05) is 5.41 Å². The highest BCUT2D eigenvalue weighted by Crippen LogP contribution is 2.38. The summed E-state index contributed by atoms with van der Waals surface area (Å²) >= 11 is 0. The monoisotopic (exact) mass is 1000 g/mol. The summed E-state index contributed by atoms with van der Waals surface area (Å²) in [6, 6.07) is 0. The van der Waals surface area contributed by atoms with Crippen LogP contribution in [0.2, 0.25) is 0 Å². The first-order valence-electron chi connectivity index (χ1n) is 25.5. The molecule has 4 saturated heterocycles. The molecular weight excluding hydrogens is 916 g/mol. The first-order chi connectivity index (χ1) is 33.1. The highest BCUT2D eigenvalue weighted by atomic mass is 16.8. The van der Waals surface area contributed by atoms with E-state index in [9.17, 15) is 71.5 Å². The standard InChI is InChI=1S/C47H88O22/c1-3-5-7-9-11-13-15-17-19-47(20-18-16-14-12-10-8-6-4-2,25-62-43-39(60)35(56)41(29(23-50)66-43)68-45-37(58)33(54)31(52)27(21-48)64-45)26-63-44-40(61)36(57)42(30(24-51)67-44)69-46-38(59)34(55)32(53)28(22-49)65-46/h27-46,48-61H,3-26H2,1-2H3/t27-,28-,29-,30-,31-,32-,33+,34+,35-,36-,37-,38-,39-,40-,41-,42-,43-,44-,45-,46-/m1/s1. The minimum atomic E-state index is -1.84. The smallest absolute Gasteiger partial charge is 0.187 e. The van der Waals surface area contributed by atoms with Gasteiger partial charge in [-0.25, -0.2) is 0 Å². The molecule has 4 rings (SSSR count). The Bertz CT molecular complexity index is 1250. The predicted molar refractivity (Wildman–Crippen MR) is 242 cm³/mol. The van der Waals surface area contributed by atoms with Crippen LogP contribution >= 0.6 is 0 Å². The van der Waals surface area contributed by atoms with E-state index in [0.29, 0.717) is 12.8 Å². The van der Waals surface area contributed by atoms with Crippen LogP contribution in [0.4, 0.5) is 0 Å². The maximum absolute atomic E-state index is 11.4. The fourth-order valence-corrected chi connectivity index (χ4v) is 9.63. The minimum Gasteiger partial charge on any atom is -0.394 e. The van der Waals surface area contributed by atoms with Crippen molar-refractivity contribution < 1.29 is 109 Å². The molecule has 0 unspecified atom stereocenters. The van der Waals surface area contributed by atoms with Crippen molar-refractivity contribution in [1.82, 2.24) is 0 Å². The maximum atomic E-state index is 11.4. The second kappa shape index (κ2) is 31.1. The Morgan fingerprint density at radius 3 is 0.942 bits per heavy atom. The van der Waals surface area contributed by atoms with Crippen molar-refractivity contribution in [2.24, 2.45) is 5.41 Å². The van der Waals surface area contributed by atoms with Crippen molar-refractivity contribution in [3.63, 3.8) is 0 Å². The third kappa shape index (κ3) is 17.1. The maximum Gasteiger partial charge on any atom is 0.187 e. The lowest BCUT2D eigenvalue weighted by molar-refractivity contribution is -0.365. The van der Waals surface area contributed by atoms with Crippen molar-refractivity contribution in [2.45, 2.75) is 252 Å². The molecule has 0 aromatic rings. The molecule has 4 fully saturated rings. The highest BCUT2D eigenvalue weighted by molar-refractivity contribution is 4.96. The van der Waals surface area contributed by atoms with Gasteiger partial charge in [0.15, 0.2) is 25.2 Å². The van der Waals surface area contributed by atoms with E-state index < -0.39 is 155 Å². The molecule has 22 nitrogen and oxygen atoms in total. The molecule has 0 radical (unpaired) electrons. The van der Waals surface area contributed by atoms with Crippen molar-refractivity contribution in [2.75, 3.05) is 39.6 Å². The highest BCUT2D eigenvalue weighted by Gasteiger charge is 2.53. The molecule has 14 N–H and O–H groups in total. The van der Waals surface area contributed by atoms with Crippen molar-refractivity contribution >= 4 is 0 Å². The second-order valence-electron chi connectivity index (χ2n) is 19.6. The quantitative estimate of drug-likeness (QED) is 0.0335. The summed E-state index contributed by atoms with van der Waals surface area (Å²) in [6.45, 7) is 1.04. The molecule has 0 saturated carbocycles. The second-order valence-corrected chi connectivity index (χ2v) is 19.6. The molecule has 408 valence electrons. The molecule has 0 amide bonds. The Morgan fingerprint density at radius 1 is 0.333 bits per heavy atom. The third-order valence-corrected chi connectivity index (χ3v) is 14.1. The fourth-order valence-electron chi connectivity index (χ4n) is 9.63. The number of unbranched alkanes of at least 4 members (excludes halogenated alkanes) is 14. The van der Waals surface area contributed by atoms with Crippen LogP contribution in [0.25, 0.3) is 0 Å². The predicted octanol–water partition coefficient (Wildman–Crippen LogP) is -1.68. The van der Waals surface area contributed by atoms with Gasteiger partial charge in [-0.3, -0.25) is 0 Å². The molecule has 0 bridgehead atoms. The Hall–Kier alpha value is -0.880. The van der Waals surface area contributed by atoms with Gasteiger partial charge in [0.05, 0.1) is 39.6 Å². The third-order valence-electron chi connectivity index (χ3n) is 14.1. The molecule has 0 spiro atoms. The number of aliphatic hydroxyl groups excluding tert-OH is 14. The molecule has 0 aromatic carbocycles. The van der Waals surface area contributed by atoms with Gasteiger partial charge in [-0.2, -0.15) is 0 Å². The van der Waals surface area contributed by atoms with Gasteiger partial charge >= 0.3 is 0 Å². The number of rotatable bonds is 32. The lowest BCUT2D eigenvalue weighted by Crippen LogP contribution is -2.65.